The van der Waals surface area contributed by atoms with Crippen LogP contribution in [0.1, 0.15) is 25.7 Å². The van der Waals surface area contributed by atoms with Gasteiger partial charge < -0.3 is 10.2 Å². The lowest BCUT2D eigenvalue weighted by molar-refractivity contribution is -0.0603. The molecule has 1 rings (SSSR count). The van der Waals surface area contributed by atoms with Crippen molar-refractivity contribution in [2.45, 2.75) is 25.7 Å². The standard InChI is InChI=1S/C10H20O8S2/c11-5-9(7-19(13,14)15)3-1-2-4-10(9,6-12)8-20(16,17)18/h11-12H,1-8H2,(H,13,14,15)(H,16,17,18)/t9-,10-/m0/s1. The molecule has 1 fully saturated rings. The summed E-state index contributed by atoms with van der Waals surface area (Å²) in [7, 11) is -8.96. The van der Waals surface area contributed by atoms with Gasteiger partial charge in [-0.3, -0.25) is 9.11 Å². The van der Waals surface area contributed by atoms with E-state index >= 15 is 0 Å². The Morgan fingerprint density at radius 2 is 1.05 bits per heavy atom. The van der Waals surface area contributed by atoms with Crippen molar-refractivity contribution in [3.63, 3.8) is 0 Å². The molecule has 0 aromatic rings. The summed E-state index contributed by atoms with van der Waals surface area (Å²) in [4.78, 5) is 0. The second-order valence-electron chi connectivity index (χ2n) is 5.54. The Morgan fingerprint density at radius 3 is 1.25 bits per heavy atom. The third-order valence-corrected chi connectivity index (χ3v) is 6.04. The van der Waals surface area contributed by atoms with Crippen molar-refractivity contribution in [1.29, 1.82) is 0 Å². The highest BCUT2D eigenvalue weighted by Crippen LogP contribution is 2.51. The van der Waals surface area contributed by atoms with E-state index < -0.39 is 55.8 Å². The third kappa shape index (κ3) is 3.89. The molecule has 0 spiro atoms. The van der Waals surface area contributed by atoms with Gasteiger partial charge in [0.05, 0.1) is 24.7 Å². The van der Waals surface area contributed by atoms with Crippen LogP contribution in [-0.4, -0.2) is 60.9 Å². The van der Waals surface area contributed by atoms with Crippen molar-refractivity contribution in [3.05, 3.63) is 0 Å². The summed E-state index contributed by atoms with van der Waals surface area (Å²) in [6.45, 7) is -1.41. The maximum Gasteiger partial charge on any atom is 0.265 e. The lowest BCUT2D eigenvalue weighted by Gasteiger charge is -2.51. The second kappa shape index (κ2) is 5.85. The maximum atomic E-state index is 11.2. The average Bonchev–Trinajstić information content (AvgIpc) is 2.28. The van der Waals surface area contributed by atoms with Crippen molar-refractivity contribution in [2.75, 3.05) is 24.7 Å². The van der Waals surface area contributed by atoms with Crippen molar-refractivity contribution in [1.82, 2.24) is 0 Å². The van der Waals surface area contributed by atoms with E-state index in [1.54, 1.807) is 0 Å². The largest absolute Gasteiger partial charge is 0.396 e. The predicted octanol–water partition coefficient (Wildman–Crippen LogP) is -0.707. The van der Waals surface area contributed by atoms with Gasteiger partial charge in [0.15, 0.2) is 0 Å². The third-order valence-electron chi connectivity index (χ3n) is 4.21. The zero-order valence-electron chi connectivity index (χ0n) is 10.9. The van der Waals surface area contributed by atoms with E-state index in [4.69, 9.17) is 9.11 Å². The van der Waals surface area contributed by atoms with Gasteiger partial charge in [-0.05, 0) is 12.8 Å². The van der Waals surface area contributed by atoms with Gasteiger partial charge in [-0.1, -0.05) is 12.8 Å². The molecule has 0 unspecified atom stereocenters. The van der Waals surface area contributed by atoms with Crippen LogP contribution in [0.5, 0.6) is 0 Å². The number of rotatable bonds is 6. The Bertz CT molecular complexity index is 490. The van der Waals surface area contributed by atoms with Crippen molar-refractivity contribution in [3.8, 4) is 0 Å². The summed E-state index contributed by atoms with van der Waals surface area (Å²) >= 11 is 0. The van der Waals surface area contributed by atoms with Crippen LogP contribution in [-0.2, 0) is 20.2 Å². The smallest absolute Gasteiger partial charge is 0.265 e. The number of aliphatic hydroxyl groups is 2. The molecule has 8 nitrogen and oxygen atoms in total. The Hall–Kier alpha value is -0.260. The SMILES string of the molecule is O=S(=O)(O)C[C@@]1(CO)CCCC[C@]1(CO)CS(=O)(=O)O. The number of hydrogen-bond acceptors (Lipinski definition) is 6. The summed E-state index contributed by atoms with van der Waals surface area (Å²) < 4.78 is 62.9. The van der Waals surface area contributed by atoms with Crippen molar-refractivity contribution in [2.24, 2.45) is 10.8 Å². The van der Waals surface area contributed by atoms with Gasteiger partial charge in [0, 0.05) is 10.8 Å². The van der Waals surface area contributed by atoms with Crippen LogP contribution in [0.4, 0.5) is 0 Å². The molecule has 1 saturated carbocycles. The first-order valence-corrected chi connectivity index (χ1v) is 9.33. The van der Waals surface area contributed by atoms with Crippen LogP contribution in [0.15, 0.2) is 0 Å². The summed E-state index contributed by atoms with van der Waals surface area (Å²) in [5.74, 6) is -1.71. The molecule has 0 heterocycles. The Balaban J connectivity index is 3.34. The van der Waals surface area contributed by atoms with Gasteiger partial charge in [0.25, 0.3) is 20.2 Å². The fraction of sp³-hybridized carbons (Fsp3) is 1.00. The fourth-order valence-electron chi connectivity index (χ4n) is 3.19. The van der Waals surface area contributed by atoms with E-state index in [1.807, 2.05) is 0 Å². The minimum absolute atomic E-state index is 0.138. The summed E-state index contributed by atoms with van der Waals surface area (Å²) in [6, 6.07) is 0. The first kappa shape index (κ1) is 17.8. The quantitative estimate of drug-likeness (QED) is 0.466. The number of hydrogen-bond donors (Lipinski definition) is 4. The van der Waals surface area contributed by atoms with Gasteiger partial charge in [-0.2, -0.15) is 16.8 Å². The zero-order chi connectivity index (χ0) is 15.7. The maximum absolute atomic E-state index is 11.2. The normalized spacial score (nSPS) is 32.2. The van der Waals surface area contributed by atoms with Crippen LogP contribution < -0.4 is 0 Å². The second-order valence-corrected chi connectivity index (χ2v) is 8.44. The monoisotopic (exact) mass is 332 g/mol. The molecule has 10 heteroatoms. The molecule has 0 aromatic heterocycles. The van der Waals surface area contributed by atoms with Crippen molar-refractivity contribution >= 4 is 20.2 Å². The highest BCUT2D eigenvalue weighted by molar-refractivity contribution is 7.86. The summed E-state index contributed by atoms with van der Waals surface area (Å²) in [6.07, 6.45) is 1.34. The van der Waals surface area contributed by atoms with E-state index in [0.717, 1.165) is 0 Å². The van der Waals surface area contributed by atoms with Crippen LogP contribution >= 0.6 is 0 Å². The summed E-state index contributed by atoms with van der Waals surface area (Å²) in [5.41, 5.74) is -2.99. The minimum Gasteiger partial charge on any atom is -0.396 e. The molecule has 0 radical (unpaired) electrons. The molecule has 0 bridgehead atoms. The highest BCUT2D eigenvalue weighted by atomic mass is 32.2. The zero-order valence-corrected chi connectivity index (χ0v) is 12.5. The first-order valence-electron chi connectivity index (χ1n) is 6.11. The van der Waals surface area contributed by atoms with Gasteiger partial charge in [0.2, 0.25) is 0 Å². The van der Waals surface area contributed by atoms with E-state index in [9.17, 15) is 27.0 Å². The molecule has 4 N–H and O–H groups in total. The molecule has 20 heavy (non-hydrogen) atoms. The Labute approximate surface area is 118 Å². The first-order chi connectivity index (χ1) is 8.99. The van der Waals surface area contributed by atoms with Gasteiger partial charge in [0.1, 0.15) is 0 Å². The van der Waals surface area contributed by atoms with Crippen LogP contribution in [0.3, 0.4) is 0 Å². The molecular formula is C10H20O8S2. The van der Waals surface area contributed by atoms with E-state index in [0.29, 0.717) is 12.8 Å². The molecule has 1 aliphatic rings. The van der Waals surface area contributed by atoms with Gasteiger partial charge in [-0.15, -0.1) is 0 Å². The molecule has 0 saturated heterocycles. The van der Waals surface area contributed by atoms with Crippen LogP contribution in [0.2, 0.25) is 0 Å². The molecule has 0 aromatic carbocycles. The van der Waals surface area contributed by atoms with Crippen LogP contribution in [0.25, 0.3) is 0 Å². The predicted molar refractivity (Wildman–Crippen MR) is 70.3 cm³/mol. The number of aliphatic hydroxyl groups excluding tert-OH is 2. The highest BCUT2D eigenvalue weighted by Gasteiger charge is 2.55. The summed E-state index contributed by atoms with van der Waals surface area (Å²) in [5, 5.41) is 19.2. The van der Waals surface area contributed by atoms with E-state index in [1.165, 1.54) is 0 Å². The molecule has 0 aliphatic heterocycles. The van der Waals surface area contributed by atoms with Gasteiger partial charge >= 0.3 is 0 Å². The molecule has 1 aliphatic carbocycles. The lowest BCUT2D eigenvalue weighted by Crippen LogP contribution is -2.56. The van der Waals surface area contributed by atoms with E-state index in [-0.39, 0.29) is 12.8 Å². The molecule has 0 amide bonds. The van der Waals surface area contributed by atoms with Gasteiger partial charge in [-0.25, -0.2) is 0 Å². The molecule has 120 valence electrons. The molecular weight excluding hydrogens is 312 g/mol. The average molecular weight is 332 g/mol. The van der Waals surface area contributed by atoms with E-state index in [2.05, 4.69) is 0 Å². The Kier molecular flexibility index (Phi) is 5.21. The minimum atomic E-state index is -4.48. The fourth-order valence-corrected chi connectivity index (χ4v) is 5.67. The van der Waals surface area contributed by atoms with Crippen molar-refractivity contribution < 1.29 is 36.2 Å². The molecule has 2 atom stereocenters. The topological polar surface area (TPSA) is 149 Å². The van der Waals surface area contributed by atoms with Crippen LogP contribution in [0, 0.1) is 10.8 Å². The lowest BCUT2D eigenvalue weighted by atomic mass is 9.58. The Morgan fingerprint density at radius 1 is 0.750 bits per heavy atom.